The van der Waals surface area contributed by atoms with Gasteiger partial charge in [0.1, 0.15) is 5.83 Å². The van der Waals surface area contributed by atoms with Gasteiger partial charge in [0.25, 0.3) is 0 Å². The molecule has 0 heterocycles. The van der Waals surface area contributed by atoms with E-state index in [4.69, 9.17) is 0 Å². The molecule has 2 heteroatoms. The van der Waals surface area contributed by atoms with Crippen LogP contribution in [0.4, 0.5) is 4.39 Å². The van der Waals surface area contributed by atoms with E-state index in [2.05, 4.69) is 18.3 Å². The fourth-order valence-electron chi connectivity index (χ4n) is 0.959. The fourth-order valence-corrected chi connectivity index (χ4v) is 0.959. The van der Waals surface area contributed by atoms with Crippen LogP contribution in [-0.4, -0.2) is 6.72 Å². The molecule has 0 amide bonds. The first-order valence-electron chi connectivity index (χ1n) is 3.43. The van der Waals surface area contributed by atoms with Gasteiger partial charge in [0, 0.05) is 11.6 Å². The zero-order valence-corrected chi connectivity index (χ0v) is 6.26. The second-order valence-electron chi connectivity index (χ2n) is 2.44. The molecule has 0 aromatic rings. The van der Waals surface area contributed by atoms with E-state index < -0.39 is 0 Å². The molecule has 0 saturated carbocycles. The first-order chi connectivity index (χ1) is 5.24. The Kier molecular flexibility index (Phi) is 2.36. The van der Waals surface area contributed by atoms with Crippen LogP contribution in [0.2, 0.25) is 0 Å². The molecule has 0 aliphatic heterocycles. The molecule has 1 aliphatic rings. The summed E-state index contributed by atoms with van der Waals surface area (Å²) in [6.07, 6.45) is 5.36. The van der Waals surface area contributed by atoms with E-state index in [1.54, 1.807) is 6.08 Å². The zero-order valence-electron chi connectivity index (χ0n) is 6.26. The van der Waals surface area contributed by atoms with Crippen molar-refractivity contribution in [1.29, 1.82) is 0 Å². The lowest BCUT2D eigenvalue weighted by molar-refractivity contribution is 0.631. The molecular weight excluding hydrogens is 141 g/mol. The van der Waals surface area contributed by atoms with Gasteiger partial charge in [0.2, 0.25) is 0 Å². The lowest BCUT2D eigenvalue weighted by Crippen LogP contribution is -1.99. The standard InChI is InChI=1S/C9H10FN/c1-7(11-2)8-3-5-9(10)6-4-8/h3,5-6,8H,1-2,4H2. The van der Waals surface area contributed by atoms with Crippen LogP contribution in [0, 0.1) is 5.92 Å². The summed E-state index contributed by atoms with van der Waals surface area (Å²) < 4.78 is 12.4. The molecule has 1 nitrogen and oxygen atoms in total. The number of rotatable bonds is 2. The van der Waals surface area contributed by atoms with Crippen LogP contribution < -0.4 is 0 Å². The van der Waals surface area contributed by atoms with Gasteiger partial charge < -0.3 is 0 Å². The van der Waals surface area contributed by atoms with Gasteiger partial charge in [-0.15, -0.1) is 0 Å². The number of allylic oxidation sites excluding steroid dienone is 4. The van der Waals surface area contributed by atoms with Crippen LogP contribution in [0.3, 0.4) is 0 Å². The molecule has 1 unspecified atom stereocenters. The maximum atomic E-state index is 12.4. The Morgan fingerprint density at radius 1 is 1.73 bits per heavy atom. The maximum absolute atomic E-state index is 12.4. The second kappa shape index (κ2) is 3.28. The molecule has 0 spiro atoms. The van der Waals surface area contributed by atoms with Crippen molar-refractivity contribution in [2.24, 2.45) is 10.9 Å². The third-order valence-electron chi connectivity index (χ3n) is 1.69. The molecule has 0 fully saturated rings. The highest BCUT2D eigenvalue weighted by Crippen LogP contribution is 2.22. The van der Waals surface area contributed by atoms with Gasteiger partial charge >= 0.3 is 0 Å². The van der Waals surface area contributed by atoms with Crippen molar-refractivity contribution in [3.8, 4) is 0 Å². The van der Waals surface area contributed by atoms with Gasteiger partial charge in [-0.1, -0.05) is 12.7 Å². The van der Waals surface area contributed by atoms with Crippen molar-refractivity contribution in [2.75, 3.05) is 0 Å². The molecule has 1 atom stereocenters. The van der Waals surface area contributed by atoms with Crippen LogP contribution in [0.25, 0.3) is 0 Å². The van der Waals surface area contributed by atoms with E-state index in [-0.39, 0.29) is 11.7 Å². The minimum atomic E-state index is -0.182. The van der Waals surface area contributed by atoms with E-state index in [0.717, 1.165) is 0 Å². The summed E-state index contributed by atoms with van der Waals surface area (Å²) >= 11 is 0. The molecule has 0 saturated heterocycles. The van der Waals surface area contributed by atoms with Crippen molar-refractivity contribution in [3.63, 3.8) is 0 Å². The highest BCUT2D eigenvalue weighted by molar-refractivity contribution is 5.31. The largest absolute Gasteiger partial charge is 0.269 e. The van der Waals surface area contributed by atoms with E-state index in [1.165, 1.54) is 12.2 Å². The summed E-state index contributed by atoms with van der Waals surface area (Å²) in [6.45, 7) is 7.05. The summed E-state index contributed by atoms with van der Waals surface area (Å²) in [5.74, 6) is -0.0508. The second-order valence-corrected chi connectivity index (χ2v) is 2.44. The van der Waals surface area contributed by atoms with E-state index in [1.807, 2.05) is 0 Å². The zero-order chi connectivity index (χ0) is 8.27. The molecular formula is C9H10FN. The molecule has 0 radical (unpaired) electrons. The first-order valence-corrected chi connectivity index (χ1v) is 3.43. The van der Waals surface area contributed by atoms with E-state index in [0.29, 0.717) is 12.1 Å². The summed E-state index contributed by atoms with van der Waals surface area (Å²) in [4.78, 5) is 3.69. The van der Waals surface area contributed by atoms with Crippen LogP contribution in [0.15, 0.2) is 41.3 Å². The number of hydrogen-bond donors (Lipinski definition) is 0. The minimum Gasteiger partial charge on any atom is -0.269 e. The van der Waals surface area contributed by atoms with Crippen molar-refractivity contribution < 1.29 is 4.39 Å². The molecule has 11 heavy (non-hydrogen) atoms. The smallest absolute Gasteiger partial charge is 0.118 e. The van der Waals surface area contributed by atoms with Crippen LogP contribution in [-0.2, 0) is 0 Å². The van der Waals surface area contributed by atoms with Crippen molar-refractivity contribution in [1.82, 2.24) is 0 Å². The van der Waals surface area contributed by atoms with E-state index >= 15 is 0 Å². The Labute approximate surface area is 65.6 Å². The highest BCUT2D eigenvalue weighted by atomic mass is 19.1. The predicted molar refractivity (Wildman–Crippen MR) is 45.1 cm³/mol. The topological polar surface area (TPSA) is 12.4 Å². The molecule has 58 valence electrons. The quantitative estimate of drug-likeness (QED) is 0.538. The molecule has 0 bridgehead atoms. The molecule has 1 rings (SSSR count). The third kappa shape index (κ3) is 1.87. The average Bonchev–Trinajstić information content (AvgIpc) is 2.05. The Balaban J connectivity index is 2.62. The summed E-state index contributed by atoms with van der Waals surface area (Å²) in [7, 11) is 0. The first kappa shape index (κ1) is 7.92. The minimum absolute atomic E-state index is 0.131. The monoisotopic (exact) mass is 151 g/mol. The summed E-state index contributed by atoms with van der Waals surface area (Å²) in [6, 6.07) is 0. The molecule has 0 aromatic carbocycles. The van der Waals surface area contributed by atoms with Gasteiger partial charge in [-0.3, -0.25) is 4.99 Å². The third-order valence-corrected chi connectivity index (χ3v) is 1.69. The number of aliphatic imine (C=N–C) groups is 1. The Morgan fingerprint density at radius 2 is 2.45 bits per heavy atom. The Morgan fingerprint density at radius 3 is 2.91 bits per heavy atom. The lowest BCUT2D eigenvalue weighted by Gasteiger charge is -2.11. The van der Waals surface area contributed by atoms with Gasteiger partial charge in [-0.25, -0.2) is 4.39 Å². The van der Waals surface area contributed by atoms with Crippen molar-refractivity contribution in [3.05, 3.63) is 36.3 Å². The predicted octanol–water partition coefficient (Wildman–Crippen LogP) is 2.63. The van der Waals surface area contributed by atoms with E-state index in [9.17, 15) is 4.39 Å². The highest BCUT2D eigenvalue weighted by Gasteiger charge is 2.10. The Bertz CT molecular complexity index is 238. The Hall–Kier alpha value is -1.18. The van der Waals surface area contributed by atoms with Gasteiger partial charge in [0.15, 0.2) is 0 Å². The SMILES string of the molecule is C=NC(=C)C1C=CC(F)=CC1. The number of hydrogen-bond acceptors (Lipinski definition) is 1. The normalized spacial score (nSPS) is 22.6. The molecule has 1 aliphatic carbocycles. The van der Waals surface area contributed by atoms with Crippen LogP contribution in [0.5, 0.6) is 0 Å². The molecule has 0 aromatic heterocycles. The van der Waals surface area contributed by atoms with Crippen molar-refractivity contribution >= 4 is 6.72 Å². The van der Waals surface area contributed by atoms with Crippen LogP contribution >= 0.6 is 0 Å². The number of nitrogens with zero attached hydrogens (tertiary/aromatic N) is 1. The maximum Gasteiger partial charge on any atom is 0.118 e. The lowest BCUT2D eigenvalue weighted by atomic mass is 9.98. The summed E-state index contributed by atoms with van der Waals surface area (Å²) in [5, 5.41) is 0. The fraction of sp³-hybridized carbons (Fsp3) is 0.222. The van der Waals surface area contributed by atoms with Gasteiger partial charge in [-0.2, -0.15) is 0 Å². The van der Waals surface area contributed by atoms with Gasteiger partial charge in [-0.05, 0) is 25.3 Å². The summed E-state index contributed by atoms with van der Waals surface area (Å²) in [5.41, 5.74) is 0.699. The number of halogens is 1. The van der Waals surface area contributed by atoms with Gasteiger partial charge in [0.05, 0.1) is 0 Å². The van der Waals surface area contributed by atoms with Crippen LogP contribution in [0.1, 0.15) is 6.42 Å². The molecule has 0 N–H and O–H groups in total. The average molecular weight is 151 g/mol. The van der Waals surface area contributed by atoms with Crippen molar-refractivity contribution in [2.45, 2.75) is 6.42 Å².